The Morgan fingerprint density at radius 3 is 2.85 bits per heavy atom. The van der Waals surface area contributed by atoms with Crippen molar-refractivity contribution < 1.29 is 9.90 Å². The fourth-order valence-electron chi connectivity index (χ4n) is 0.963. The maximum absolute atomic E-state index is 11.1. The predicted octanol–water partition coefficient (Wildman–Crippen LogP) is -0.223. The van der Waals surface area contributed by atoms with Gasteiger partial charge in [-0.2, -0.15) is 0 Å². The maximum Gasteiger partial charge on any atom is 0.250 e. The van der Waals surface area contributed by atoms with Gasteiger partial charge in [-0.25, -0.2) is 0 Å². The highest BCUT2D eigenvalue weighted by Crippen LogP contribution is 1.99. The zero-order valence-corrected chi connectivity index (χ0v) is 7.99. The summed E-state index contributed by atoms with van der Waals surface area (Å²) < 4.78 is 0. The van der Waals surface area contributed by atoms with E-state index in [0.717, 1.165) is 6.42 Å². The molecule has 0 bridgehead atoms. The van der Waals surface area contributed by atoms with Crippen molar-refractivity contribution in [2.75, 3.05) is 6.54 Å². The minimum absolute atomic E-state index is 0.356. The van der Waals surface area contributed by atoms with Gasteiger partial charge in [0.05, 0.1) is 0 Å². The number of rotatable bonds is 6. The van der Waals surface area contributed by atoms with Gasteiger partial charge in [0, 0.05) is 12.6 Å². The molecule has 1 amide bonds. The molecule has 4 nitrogen and oxygen atoms in total. The topological polar surface area (TPSA) is 75.3 Å². The second-order valence-electron chi connectivity index (χ2n) is 2.93. The van der Waals surface area contributed by atoms with E-state index in [1.165, 1.54) is 0 Å². The fraction of sp³-hybridized carbons (Fsp3) is 0.667. The van der Waals surface area contributed by atoms with E-state index in [9.17, 15) is 9.90 Å². The van der Waals surface area contributed by atoms with Crippen molar-refractivity contribution in [3.05, 3.63) is 12.7 Å². The lowest BCUT2D eigenvalue weighted by Gasteiger charge is -2.16. The number of carbonyl (C=O) groups excluding carboxylic acids is 1. The lowest BCUT2D eigenvalue weighted by atomic mass is 10.1. The number of nitrogens with one attached hydrogen (secondary N) is 1. The molecule has 0 saturated carbocycles. The zero-order valence-electron chi connectivity index (χ0n) is 7.99. The molecular formula is C9H18N2O2. The van der Waals surface area contributed by atoms with Gasteiger partial charge in [0.1, 0.15) is 6.10 Å². The second kappa shape index (κ2) is 6.62. The van der Waals surface area contributed by atoms with Crippen molar-refractivity contribution in [1.82, 2.24) is 5.32 Å². The van der Waals surface area contributed by atoms with E-state index >= 15 is 0 Å². The minimum atomic E-state index is -1.11. The van der Waals surface area contributed by atoms with Gasteiger partial charge in [0.15, 0.2) is 0 Å². The molecule has 0 rings (SSSR count). The Labute approximate surface area is 78.8 Å². The number of amides is 1. The molecule has 0 aromatic heterocycles. The number of aliphatic hydroxyl groups excluding tert-OH is 1. The standard InChI is InChI=1S/C9H18N2O2/c1-3-5-7(10)8(12)9(13)11-6-4-2/h4,7-8,12H,2-3,5-6,10H2,1H3,(H,11,13)/t7-,8-/m0/s1. The largest absolute Gasteiger partial charge is 0.382 e. The normalized spacial score (nSPS) is 14.7. The Morgan fingerprint density at radius 2 is 2.38 bits per heavy atom. The van der Waals surface area contributed by atoms with Gasteiger partial charge in [-0.1, -0.05) is 19.4 Å². The number of nitrogens with two attached hydrogens (primary N) is 1. The lowest BCUT2D eigenvalue weighted by molar-refractivity contribution is -0.130. The Hall–Kier alpha value is -0.870. The second-order valence-corrected chi connectivity index (χ2v) is 2.93. The summed E-state index contributed by atoms with van der Waals surface area (Å²) in [7, 11) is 0. The first-order valence-corrected chi connectivity index (χ1v) is 4.45. The molecule has 0 aromatic carbocycles. The molecule has 4 N–H and O–H groups in total. The lowest BCUT2D eigenvalue weighted by Crippen LogP contribution is -2.46. The first-order chi connectivity index (χ1) is 6.13. The first kappa shape index (κ1) is 12.1. The van der Waals surface area contributed by atoms with Crippen molar-refractivity contribution >= 4 is 5.91 Å². The molecule has 0 aromatic rings. The monoisotopic (exact) mass is 186 g/mol. The third kappa shape index (κ3) is 4.65. The van der Waals surface area contributed by atoms with Crippen molar-refractivity contribution in [2.24, 2.45) is 5.73 Å². The molecule has 13 heavy (non-hydrogen) atoms. The third-order valence-corrected chi connectivity index (χ3v) is 1.72. The van der Waals surface area contributed by atoms with Crippen LogP contribution in [-0.2, 0) is 4.79 Å². The zero-order chi connectivity index (χ0) is 10.3. The molecule has 4 heteroatoms. The molecule has 2 atom stereocenters. The summed E-state index contributed by atoms with van der Waals surface area (Å²) in [5.41, 5.74) is 5.56. The van der Waals surface area contributed by atoms with Crippen LogP contribution < -0.4 is 11.1 Å². The van der Waals surface area contributed by atoms with Gasteiger partial charge >= 0.3 is 0 Å². The fourth-order valence-corrected chi connectivity index (χ4v) is 0.963. The van der Waals surface area contributed by atoms with E-state index in [1.807, 2.05) is 6.92 Å². The van der Waals surface area contributed by atoms with Gasteiger partial charge in [-0.3, -0.25) is 4.79 Å². The van der Waals surface area contributed by atoms with Crippen LogP contribution in [0.5, 0.6) is 0 Å². The highest BCUT2D eigenvalue weighted by molar-refractivity contribution is 5.81. The van der Waals surface area contributed by atoms with E-state index in [0.29, 0.717) is 13.0 Å². The maximum atomic E-state index is 11.1. The van der Waals surface area contributed by atoms with Crippen molar-refractivity contribution in [1.29, 1.82) is 0 Å². The SMILES string of the molecule is C=CCNC(=O)[C@@H](O)[C@@H](N)CCC. The van der Waals surface area contributed by atoms with Crippen LogP contribution in [0, 0.1) is 0 Å². The average Bonchev–Trinajstić information content (AvgIpc) is 2.13. The highest BCUT2D eigenvalue weighted by Gasteiger charge is 2.20. The molecule has 0 saturated heterocycles. The van der Waals surface area contributed by atoms with E-state index in [-0.39, 0.29) is 0 Å². The number of hydrogen-bond donors (Lipinski definition) is 3. The molecule has 0 aliphatic rings. The Balaban J connectivity index is 3.85. The van der Waals surface area contributed by atoms with Crippen LogP contribution >= 0.6 is 0 Å². The highest BCUT2D eigenvalue weighted by atomic mass is 16.3. The molecule has 0 radical (unpaired) electrons. The van der Waals surface area contributed by atoms with Gasteiger partial charge < -0.3 is 16.2 Å². The van der Waals surface area contributed by atoms with Crippen LogP contribution in [0.25, 0.3) is 0 Å². The molecule has 0 aliphatic carbocycles. The summed E-state index contributed by atoms with van der Waals surface area (Å²) >= 11 is 0. The minimum Gasteiger partial charge on any atom is -0.382 e. The summed E-state index contributed by atoms with van der Waals surface area (Å²) in [4.78, 5) is 11.1. The van der Waals surface area contributed by atoms with E-state index in [2.05, 4.69) is 11.9 Å². The summed E-state index contributed by atoms with van der Waals surface area (Å²) in [5.74, 6) is -0.430. The van der Waals surface area contributed by atoms with E-state index in [1.54, 1.807) is 6.08 Å². The van der Waals surface area contributed by atoms with Crippen molar-refractivity contribution in [3.63, 3.8) is 0 Å². The number of hydrogen-bond acceptors (Lipinski definition) is 3. The summed E-state index contributed by atoms with van der Waals surface area (Å²) in [6, 6.07) is -0.477. The van der Waals surface area contributed by atoms with Gasteiger partial charge in [-0.05, 0) is 6.42 Å². The van der Waals surface area contributed by atoms with Crippen LogP contribution in [-0.4, -0.2) is 29.7 Å². The van der Waals surface area contributed by atoms with Crippen LogP contribution in [0.2, 0.25) is 0 Å². The van der Waals surface area contributed by atoms with Crippen LogP contribution in [0.4, 0.5) is 0 Å². The third-order valence-electron chi connectivity index (χ3n) is 1.72. The summed E-state index contributed by atoms with van der Waals surface area (Å²) in [6.45, 7) is 5.75. The number of carbonyl (C=O) groups is 1. The van der Waals surface area contributed by atoms with Crippen molar-refractivity contribution in [3.8, 4) is 0 Å². The molecule has 0 fully saturated rings. The van der Waals surface area contributed by atoms with E-state index < -0.39 is 18.1 Å². The Kier molecular flexibility index (Phi) is 6.18. The first-order valence-electron chi connectivity index (χ1n) is 4.45. The molecule has 0 heterocycles. The molecular weight excluding hydrogens is 168 g/mol. The molecule has 0 spiro atoms. The van der Waals surface area contributed by atoms with Gasteiger partial charge in [-0.15, -0.1) is 6.58 Å². The van der Waals surface area contributed by atoms with E-state index in [4.69, 9.17) is 5.73 Å². The number of aliphatic hydroxyl groups is 1. The predicted molar refractivity (Wildman–Crippen MR) is 52.1 cm³/mol. The summed E-state index contributed by atoms with van der Waals surface area (Å²) in [6.07, 6.45) is 1.94. The average molecular weight is 186 g/mol. The molecule has 76 valence electrons. The Bertz CT molecular complexity index is 171. The summed E-state index contributed by atoms with van der Waals surface area (Å²) in [5, 5.41) is 11.9. The van der Waals surface area contributed by atoms with Crippen LogP contribution in [0.3, 0.4) is 0 Å². The smallest absolute Gasteiger partial charge is 0.250 e. The quantitative estimate of drug-likeness (QED) is 0.502. The van der Waals surface area contributed by atoms with Crippen molar-refractivity contribution in [2.45, 2.75) is 31.9 Å². The van der Waals surface area contributed by atoms with Crippen LogP contribution in [0.15, 0.2) is 12.7 Å². The molecule has 0 aliphatic heterocycles. The Morgan fingerprint density at radius 1 is 1.77 bits per heavy atom. The van der Waals surface area contributed by atoms with Gasteiger partial charge in [0.25, 0.3) is 5.91 Å². The molecule has 0 unspecified atom stereocenters. The van der Waals surface area contributed by atoms with Crippen LogP contribution in [0.1, 0.15) is 19.8 Å². The van der Waals surface area contributed by atoms with Gasteiger partial charge in [0.2, 0.25) is 0 Å².